The molecule has 0 spiro atoms. The Labute approximate surface area is 257 Å². The van der Waals surface area contributed by atoms with Crippen LogP contribution in [0.5, 0.6) is 0 Å². The Hall–Kier alpha value is -4.50. The maximum atomic E-state index is 3.67. The van der Waals surface area contributed by atoms with Gasteiger partial charge in [-0.25, -0.2) is 0 Å². The van der Waals surface area contributed by atoms with Crippen molar-refractivity contribution >= 4 is 28.4 Å². The summed E-state index contributed by atoms with van der Waals surface area (Å²) in [4.78, 5) is 6.93. The van der Waals surface area contributed by atoms with Crippen LogP contribution < -0.4 is 14.7 Å². The van der Waals surface area contributed by atoms with Gasteiger partial charge in [0, 0.05) is 73.0 Å². The van der Waals surface area contributed by atoms with Gasteiger partial charge in [-0.3, -0.25) is 0 Å². The van der Waals surface area contributed by atoms with Crippen molar-refractivity contribution < 1.29 is 0 Å². The van der Waals surface area contributed by atoms with Crippen LogP contribution in [0.4, 0.5) is 28.4 Å². The van der Waals surface area contributed by atoms with Gasteiger partial charge in [0.2, 0.25) is 0 Å². The van der Waals surface area contributed by atoms with Crippen LogP contribution in [0.25, 0.3) is 22.3 Å². The number of anilines is 5. The number of rotatable bonds is 3. The molecular weight excluding hydrogens is 522 g/mol. The van der Waals surface area contributed by atoms with Crippen molar-refractivity contribution in [2.24, 2.45) is 0 Å². The highest BCUT2D eigenvalue weighted by Crippen LogP contribution is 2.52. The number of hydrogen-bond donors (Lipinski definition) is 0. The Kier molecular flexibility index (Phi) is 6.04. The van der Waals surface area contributed by atoms with Gasteiger partial charge in [-0.2, -0.15) is 0 Å². The van der Waals surface area contributed by atoms with Gasteiger partial charge in [-0.1, -0.05) is 94.4 Å². The number of nitrogens with zero attached hydrogens (tertiary/aromatic N) is 3. The minimum atomic E-state index is -0.0842. The number of benzene rings is 5. The second-order valence-corrected chi connectivity index (χ2v) is 13.4. The van der Waals surface area contributed by atoms with E-state index in [-0.39, 0.29) is 10.8 Å². The highest BCUT2D eigenvalue weighted by Gasteiger charge is 2.36. The topological polar surface area (TPSA) is 9.72 Å². The van der Waals surface area contributed by atoms with E-state index >= 15 is 0 Å². The maximum Gasteiger partial charge on any atom is 0.0455 e. The molecule has 2 aliphatic rings. The average Bonchev–Trinajstić information content (AvgIpc) is 3.02. The van der Waals surface area contributed by atoms with Gasteiger partial charge in [-0.05, 0) is 75.3 Å². The van der Waals surface area contributed by atoms with E-state index in [1.165, 1.54) is 67.4 Å². The Morgan fingerprint density at radius 2 is 1.02 bits per heavy atom. The fourth-order valence-corrected chi connectivity index (χ4v) is 7.51. The Bertz CT molecular complexity index is 1890. The van der Waals surface area contributed by atoms with Crippen LogP contribution in [0.3, 0.4) is 0 Å². The molecule has 2 aliphatic heterocycles. The SMILES string of the molecule is CN(C)c1cc[c]c(-c2ccc3c(c2)N(C)c2ccccc2C3(C)C)c1-c1ccc2c(c1)N(C)c1ccccc1C2(C)C. The summed E-state index contributed by atoms with van der Waals surface area (Å²) >= 11 is 0. The standard InChI is InChI=1S/C40H40N3/c1-39(2)29-15-9-11-17-33(29)42(7)36-24-26(20-22-31(36)39)28-14-13-19-35(41(5)6)38(28)27-21-23-32-37(25-27)43(8)34-18-12-10-16-30(34)40(32,3)4/h9-13,15-25H,1-8H3. The number of para-hydroxylation sites is 2. The van der Waals surface area contributed by atoms with Crippen LogP contribution >= 0.6 is 0 Å². The van der Waals surface area contributed by atoms with Crippen LogP contribution in [-0.4, -0.2) is 28.2 Å². The second-order valence-electron chi connectivity index (χ2n) is 13.4. The van der Waals surface area contributed by atoms with Gasteiger partial charge in [0.05, 0.1) is 0 Å². The molecular formula is C40H40N3. The molecule has 3 heteroatoms. The zero-order valence-electron chi connectivity index (χ0n) is 26.6. The fourth-order valence-electron chi connectivity index (χ4n) is 7.51. The Morgan fingerprint density at radius 1 is 0.558 bits per heavy atom. The summed E-state index contributed by atoms with van der Waals surface area (Å²) in [6.07, 6.45) is 0. The Balaban J connectivity index is 1.42. The largest absolute Gasteiger partial charge is 0.377 e. The summed E-state index contributed by atoms with van der Waals surface area (Å²) in [6.45, 7) is 9.36. The summed E-state index contributed by atoms with van der Waals surface area (Å²) in [7, 11) is 8.65. The average molecular weight is 563 g/mol. The normalized spacial score (nSPS) is 15.7. The van der Waals surface area contributed by atoms with Crippen molar-refractivity contribution in [3.63, 3.8) is 0 Å². The predicted octanol–water partition coefficient (Wildman–Crippen LogP) is 9.70. The summed E-state index contributed by atoms with van der Waals surface area (Å²) in [5, 5.41) is 0. The van der Waals surface area contributed by atoms with Crippen LogP contribution in [0.15, 0.2) is 97.1 Å². The summed E-state index contributed by atoms with van der Waals surface area (Å²) in [6, 6.07) is 39.5. The zero-order valence-corrected chi connectivity index (χ0v) is 26.6. The zero-order chi connectivity index (χ0) is 30.3. The first-order chi connectivity index (χ1) is 20.5. The summed E-state index contributed by atoms with van der Waals surface area (Å²) < 4.78 is 0. The minimum absolute atomic E-state index is 0.0822. The molecule has 5 aromatic carbocycles. The van der Waals surface area contributed by atoms with Crippen molar-refractivity contribution in [2.75, 3.05) is 42.9 Å². The second kappa shape index (κ2) is 9.50. The molecule has 0 saturated carbocycles. The first-order valence-corrected chi connectivity index (χ1v) is 15.2. The van der Waals surface area contributed by atoms with Gasteiger partial charge in [0.25, 0.3) is 0 Å². The molecule has 0 aliphatic carbocycles. The van der Waals surface area contributed by atoms with E-state index in [1.54, 1.807) is 0 Å². The number of hydrogen-bond acceptors (Lipinski definition) is 3. The van der Waals surface area contributed by atoms with E-state index in [0.29, 0.717) is 0 Å². The molecule has 43 heavy (non-hydrogen) atoms. The van der Waals surface area contributed by atoms with Gasteiger partial charge in [-0.15, -0.1) is 0 Å². The molecule has 3 nitrogen and oxygen atoms in total. The molecule has 0 atom stereocenters. The predicted molar refractivity (Wildman–Crippen MR) is 184 cm³/mol. The maximum absolute atomic E-state index is 3.67. The van der Waals surface area contributed by atoms with Crippen LogP contribution in [0.2, 0.25) is 0 Å². The van der Waals surface area contributed by atoms with E-state index < -0.39 is 0 Å². The van der Waals surface area contributed by atoms with E-state index in [2.05, 4.69) is 174 Å². The van der Waals surface area contributed by atoms with E-state index in [1.807, 2.05) is 0 Å². The molecule has 215 valence electrons. The van der Waals surface area contributed by atoms with Crippen LogP contribution in [0.1, 0.15) is 49.9 Å². The van der Waals surface area contributed by atoms with E-state index in [0.717, 1.165) is 5.56 Å². The molecule has 0 N–H and O–H groups in total. The molecule has 0 fully saturated rings. The quantitative estimate of drug-likeness (QED) is 0.217. The van der Waals surface area contributed by atoms with Crippen LogP contribution in [-0.2, 0) is 10.8 Å². The van der Waals surface area contributed by atoms with Crippen molar-refractivity contribution in [3.05, 3.63) is 125 Å². The lowest BCUT2D eigenvalue weighted by atomic mass is 9.73. The van der Waals surface area contributed by atoms with E-state index in [4.69, 9.17) is 0 Å². The molecule has 1 radical (unpaired) electrons. The lowest BCUT2D eigenvalue weighted by molar-refractivity contribution is 0.629. The molecule has 7 rings (SSSR count). The van der Waals surface area contributed by atoms with Gasteiger partial charge < -0.3 is 14.7 Å². The number of fused-ring (bicyclic) bond motifs is 4. The van der Waals surface area contributed by atoms with Gasteiger partial charge in [0.15, 0.2) is 0 Å². The van der Waals surface area contributed by atoms with Crippen LogP contribution in [0, 0.1) is 6.07 Å². The lowest BCUT2D eigenvalue weighted by Gasteiger charge is -2.41. The highest BCUT2D eigenvalue weighted by molar-refractivity contribution is 5.95. The van der Waals surface area contributed by atoms with Crippen molar-refractivity contribution in [1.29, 1.82) is 0 Å². The smallest absolute Gasteiger partial charge is 0.0455 e. The molecule has 0 aromatic heterocycles. The third-order valence-corrected chi connectivity index (χ3v) is 9.98. The van der Waals surface area contributed by atoms with Crippen molar-refractivity contribution in [2.45, 2.75) is 38.5 Å². The molecule has 0 bridgehead atoms. The minimum Gasteiger partial charge on any atom is -0.377 e. The molecule has 0 unspecified atom stereocenters. The molecule has 0 saturated heterocycles. The van der Waals surface area contributed by atoms with E-state index in [9.17, 15) is 0 Å². The third-order valence-electron chi connectivity index (χ3n) is 9.98. The van der Waals surface area contributed by atoms with Gasteiger partial charge >= 0.3 is 0 Å². The molecule has 5 aromatic rings. The Morgan fingerprint density at radius 3 is 1.56 bits per heavy atom. The molecule has 2 heterocycles. The van der Waals surface area contributed by atoms with Crippen molar-refractivity contribution in [3.8, 4) is 22.3 Å². The highest BCUT2D eigenvalue weighted by atomic mass is 15.1. The first kappa shape index (κ1) is 27.3. The summed E-state index contributed by atoms with van der Waals surface area (Å²) in [5.41, 5.74) is 16.2. The monoisotopic (exact) mass is 562 g/mol. The molecule has 0 amide bonds. The third kappa shape index (κ3) is 3.94. The lowest BCUT2D eigenvalue weighted by Crippen LogP contribution is -2.30. The van der Waals surface area contributed by atoms with Gasteiger partial charge in [0.1, 0.15) is 0 Å². The summed E-state index contributed by atoms with van der Waals surface area (Å²) in [5.74, 6) is 0. The van der Waals surface area contributed by atoms with Crippen molar-refractivity contribution in [1.82, 2.24) is 0 Å². The fraction of sp³-hybridized carbons (Fsp3) is 0.250. The first-order valence-electron chi connectivity index (χ1n) is 15.2.